The van der Waals surface area contributed by atoms with E-state index in [0.29, 0.717) is 19.1 Å². The smallest absolute Gasteiger partial charge is 0.0622 e. The SMILES string of the molecule is CCCCCCC(C)OC(CCN)CCC#N. The van der Waals surface area contributed by atoms with Crippen molar-refractivity contribution in [3.05, 3.63) is 0 Å². The summed E-state index contributed by atoms with van der Waals surface area (Å²) >= 11 is 0. The molecule has 17 heavy (non-hydrogen) atoms. The maximum Gasteiger partial charge on any atom is 0.0622 e. The highest BCUT2D eigenvalue weighted by Gasteiger charge is 2.12. The van der Waals surface area contributed by atoms with Crippen molar-refractivity contribution in [2.24, 2.45) is 5.73 Å². The maximum absolute atomic E-state index is 8.58. The molecular weight excluding hydrogens is 212 g/mol. The van der Waals surface area contributed by atoms with Crippen molar-refractivity contribution in [3.63, 3.8) is 0 Å². The zero-order valence-electron chi connectivity index (χ0n) is 11.5. The van der Waals surface area contributed by atoms with Gasteiger partial charge >= 0.3 is 0 Å². The van der Waals surface area contributed by atoms with Crippen LogP contribution in [0.5, 0.6) is 0 Å². The Morgan fingerprint density at radius 2 is 1.94 bits per heavy atom. The van der Waals surface area contributed by atoms with Crippen LogP contribution in [0.1, 0.15) is 65.2 Å². The molecule has 0 spiro atoms. The molecule has 100 valence electrons. The minimum absolute atomic E-state index is 0.167. The first kappa shape index (κ1) is 16.4. The first-order valence-electron chi connectivity index (χ1n) is 6.97. The van der Waals surface area contributed by atoms with Crippen molar-refractivity contribution in [1.82, 2.24) is 0 Å². The number of rotatable bonds is 11. The van der Waals surface area contributed by atoms with E-state index in [1.165, 1.54) is 25.7 Å². The molecule has 3 nitrogen and oxygen atoms in total. The third-order valence-electron chi connectivity index (χ3n) is 2.96. The van der Waals surface area contributed by atoms with Crippen LogP contribution in [-0.2, 0) is 4.74 Å². The fourth-order valence-corrected chi connectivity index (χ4v) is 1.95. The normalized spacial score (nSPS) is 14.2. The second-order valence-corrected chi connectivity index (χ2v) is 4.69. The second kappa shape index (κ2) is 11.9. The van der Waals surface area contributed by atoms with E-state index in [-0.39, 0.29) is 6.10 Å². The lowest BCUT2D eigenvalue weighted by Crippen LogP contribution is -2.23. The molecule has 0 fully saturated rings. The molecule has 2 atom stereocenters. The molecule has 0 rings (SSSR count). The molecule has 0 aliphatic carbocycles. The second-order valence-electron chi connectivity index (χ2n) is 4.69. The van der Waals surface area contributed by atoms with Crippen LogP contribution in [0.25, 0.3) is 0 Å². The van der Waals surface area contributed by atoms with Gasteiger partial charge in [0.15, 0.2) is 0 Å². The Bertz CT molecular complexity index is 201. The molecule has 0 saturated heterocycles. The van der Waals surface area contributed by atoms with Crippen LogP contribution in [0.15, 0.2) is 0 Å². The number of unbranched alkanes of at least 4 members (excludes halogenated alkanes) is 3. The van der Waals surface area contributed by atoms with Gasteiger partial charge in [-0.3, -0.25) is 0 Å². The molecule has 0 saturated carbocycles. The Kier molecular flexibility index (Phi) is 11.5. The van der Waals surface area contributed by atoms with Crippen molar-refractivity contribution in [3.8, 4) is 6.07 Å². The maximum atomic E-state index is 8.58. The molecule has 0 bridgehead atoms. The zero-order valence-corrected chi connectivity index (χ0v) is 11.5. The Hall–Kier alpha value is -0.590. The number of nitrogens with two attached hydrogens (primary N) is 1. The molecule has 0 aromatic carbocycles. The summed E-state index contributed by atoms with van der Waals surface area (Å²) in [6, 6.07) is 2.17. The molecule has 3 heteroatoms. The molecular formula is C14H28N2O. The highest BCUT2D eigenvalue weighted by molar-refractivity contribution is 4.73. The Labute approximate surface area is 106 Å². The van der Waals surface area contributed by atoms with E-state index >= 15 is 0 Å². The van der Waals surface area contributed by atoms with Gasteiger partial charge in [0.25, 0.3) is 0 Å². The van der Waals surface area contributed by atoms with E-state index in [2.05, 4.69) is 19.9 Å². The van der Waals surface area contributed by atoms with Gasteiger partial charge in [0.2, 0.25) is 0 Å². The van der Waals surface area contributed by atoms with Crippen LogP contribution in [0.2, 0.25) is 0 Å². The summed E-state index contributed by atoms with van der Waals surface area (Å²) in [4.78, 5) is 0. The van der Waals surface area contributed by atoms with E-state index in [0.717, 1.165) is 19.3 Å². The molecule has 2 N–H and O–H groups in total. The fourth-order valence-electron chi connectivity index (χ4n) is 1.95. The van der Waals surface area contributed by atoms with E-state index in [1.54, 1.807) is 0 Å². The summed E-state index contributed by atoms with van der Waals surface area (Å²) in [5.74, 6) is 0. The van der Waals surface area contributed by atoms with Gasteiger partial charge in [0.1, 0.15) is 0 Å². The van der Waals surface area contributed by atoms with Gasteiger partial charge in [-0.1, -0.05) is 32.6 Å². The van der Waals surface area contributed by atoms with Gasteiger partial charge in [-0.25, -0.2) is 0 Å². The van der Waals surface area contributed by atoms with Gasteiger partial charge in [-0.05, 0) is 32.7 Å². The van der Waals surface area contributed by atoms with Gasteiger partial charge in [-0.2, -0.15) is 5.26 Å². The van der Waals surface area contributed by atoms with E-state index in [9.17, 15) is 0 Å². The quantitative estimate of drug-likeness (QED) is 0.563. The number of nitriles is 1. The molecule has 2 unspecified atom stereocenters. The average molecular weight is 240 g/mol. The Morgan fingerprint density at radius 3 is 2.53 bits per heavy atom. The van der Waals surface area contributed by atoms with Crippen LogP contribution in [0, 0.1) is 11.3 Å². The lowest BCUT2D eigenvalue weighted by molar-refractivity contribution is -0.0136. The first-order valence-corrected chi connectivity index (χ1v) is 6.97. The molecule has 0 aliphatic heterocycles. The average Bonchev–Trinajstić information content (AvgIpc) is 2.32. The summed E-state index contributed by atoms with van der Waals surface area (Å²) in [5, 5.41) is 8.58. The highest BCUT2D eigenvalue weighted by atomic mass is 16.5. The minimum Gasteiger partial charge on any atom is -0.375 e. The topological polar surface area (TPSA) is 59.0 Å². The number of ether oxygens (including phenoxy) is 1. The monoisotopic (exact) mass is 240 g/mol. The van der Waals surface area contributed by atoms with Crippen LogP contribution < -0.4 is 5.73 Å². The molecule has 0 aliphatic rings. The Morgan fingerprint density at radius 1 is 1.18 bits per heavy atom. The van der Waals surface area contributed by atoms with E-state index in [4.69, 9.17) is 15.7 Å². The summed E-state index contributed by atoms with van der Waals surface area (Å²) in [6.07, 6.45) is 8.94. The standard InChI is InChI=1S/C14H28N2O/c1-3-4-5-6-8-13(2)17-14(10-12-16)9-7-11-15/h13-14H,3-10,12,16H2,1-2H3. The summed E-state index contributed by atoms with van der Waals surface area (Å²) < 4.78 is 5.94. The summed E-state index contributed by atoms with van der Waals surface area (Å²) in [5.41, 5.74) is 5.55. The number of nitrogens with zero attached hydrogens (tertiary/aromatic N) is 1. The van der Waals surface area contributed by atoms with Crippen LogP contribution in [0.4, 0.5) is 0 Å². The van der Waals surface area contributed by atoms with Crippen LogP contribution >= 0.6 is 0 Å². The van der Waals surface area contributed by atoms with Gasteiger partial charge in [0.05, 0.1) is 18.3 Å². The highest BCUT2D eigenvalue weighted by Crippen LogP contribution is 2.14. The fraction of sp³-hybridized carbons (Fsp3) is 0.929. The first-order chi connectivity index (χ1) is 8.24. The largest absolute Gasteiger partial charge is 0.375 e. The molecule has 0 radical (unpaired) electrons. The number of hydrogen-bond acceptors (Lipinski definition) is 3. The third kappa shape index (κ3) is 10.3. The summed E-state index contributed by atoms with van der Waals surface area (Å²) in [6.45, 7) is 4.99. The molecule has 0 aromatic heterocycles. The van der Waals surface area contributed by atoms with Crippen molar-refractivity contribution < 1.29 is 4.74 Å². The Balaban J connectivity index is 3.70. The lowest BCUT2D eigenvalue weighted by Gasteiger charge is -2.21. The van der Waals surface area contributed by atoms with Gasteiger partial charge < -0.3 is 10.5 Å². The minimum atomic E-state index is 0.167. The molecule has 0 heterocycles. The summed E-state index contributed by atoms with van der Waals surface area (Å²) in [7, 11) is 0. The van der Waals surface area contributed by atoms with Crippen molar-refractivity contribution >= 4 is 0 Å². The molecule has 0 amide bonds. The van der Waals surface area contributed by atoms with Crippen molar-refractivity contribution in [1.29, 1.82) is 5.26 Å². The lowest BCUT2D eigenvalue weighted by atomic mass is 10.1. The van der Waals surface area contributed by atoms with E-state index in [1.807, 2.05) is 0 Å². The van der Waals surface area contributed by atoms with E-state index < -0.39 is 0 Å². The van der Waals surface area contributed by atoms with Crippen LogP contribution in [-0.4, -0.2) is 18.8 Å². The third-order valence-corrected chi connectivity index (χ3v) is 2.96. The zero-order chi connectivity index (χ0) is 12.9. The van der Waals surface area contributed by atoms with Crippen molar-refractivity contribution in [2.45, 2.75) is 77.4 Å². The van der Waals surface area contributed by atoms with Crippen LogP contribution in [0.3, 0.4) is 0 Å². The van der Waals surface area contributed by atoms with Gasteiger partial charge in [-0.15, -0.1) is 0 Å². The predicted molar refractivity (Wildman–Crippen MR) is 71.6 cm³/mol. The van der Waals surface area contributed by atoms with Gasteiger partial charge in [0, 0.05) is 6.42 Å². The number of hydrogen-bond donors (Lipinski definition) is 1. The molecule has 0 aromatic rings. The van der Waals surface area contributed by atoms with Crippen molar-refractivity contribution in [2.75, 3.05) is 6.54 Å². The predicted octanol–water partition coefficient (Wildman–Crippen LogP) is 3.38.